The van der Waals surface area contributed by atoms with Crippen molar-refractivity contribution in [2.24, 2.45) is 0 Å². The first kappa shape index (κ1) is 22.4. The number of nitrogens with one attached hydrogen (secondary N) is 3. The second kappa shape index (κ2) is 9.54. The molecule has 1 atom stereocenters. The van der Waals surface area contributed by atoms with Gasteiger partial charge in [-0.3, -0.25) is 14.7 Å². The zero-order valence-corrected chi connectivity index (χ0v) is 19.7. The van der Waals surface area contributed by atoms with Gasteiger partial charge in [-0.1, -0.05) is 30.3 Å². The largest absolute Gasteiger partial charge is 0.379 e. The molecule has 0 radical (unpaired) electrons. The SMILES string of the molecule is O=C(Nc1ccncc1F)c1cnc2c(NC3CC3)cc(NC3CCN(Cc4ccccc4)C3)nn12. The molecule has 1 saturated carbocycles. The Kier molecular flexibility index (Phi) is 5.94. The third kappa shape index (κ3) is 4.85. The average molecular weight is 487 g/mol. The fourth-order valence-corrected chi connectivity index (χ4v) is 4.56. The molecule has 3 aromatic heterocycles. The highest BCUT2D eigenvalue weighted by atomic mass is 19.1. The molecule has 0 spiro atoms. The summed E-state index contributed by atoms with van der Waals surface area (Å²) < 4.78 is 15.6. The Morgan fingerprint density at radius 2 is 1.89 bits per heavy atom. The number of carbonyl (C=O) groups excluding carboxylic acids is 1. The van der Waals surface area contributed by atoms with E-state index in [4.69, 9.17) is 5.10 Å². The Labute approximate surface area is 207 Å². The molecule has 2 aliphatic rings. The maximum absolute atomic E-state index is 14.0. The number of rotatable bonds is 8. The lowest BCUT2D eigenvalue weighted by atomic mass is 10.2. The Morgan fingerprint density at radius 1 is 1.03 bits per heavy atom. The van der Waals surface area contributed by atoms with Gasteiger partial charge in [0.1, 0.15) is 5.82 Å². The number of hydrogen-bond acceptors (Lipinski definition) is 7. The van der Waals surface area contributed by atoms with Crippen LogP contribution in [-0.4, -0.2) is 55.6 Å². The normalized spacial score (nSPS) is 17.9. The fourth-order valence-electron chi connectivity index (χ4n) is 4.56. The van der Waals surface area contributed by atoms with Crippen molar-refractivity contribution in [2.45, 2.75) is 37.9 Å². The molecular weight excluding hydrogens is 459 g/mol. The fraction of sp³-hybridized carbons (Fsp3) is 0.308. The van der Waals surface area contributed by atoms with E-state index in [0.717, 1.165) is 50.8 Å². The van der Waals surface area contributed by atoms with Crippen molar-refractivity contribution in [3.63, 3.8) is 0 Å². The Morgan fingerprint density at radius 3 is 2.69 bits per heavy atom. The van der Waals surface area contributed by atoms with E-state index in [1.165, 1.54) is 28.5 Å². The van der Waals surface area contributed by atoms with Crippen LogP contribution >= 0.6 is 0 Å². The first-order valence-corrected chi connectivity index (χ1v) is 12.2. The van der Waals surface area contributed by atoms with Gasteiger partial charge in [-0.05, 0) is 30.9 Å². The highest BCUT2D eigenvalue weighted by molar-refractivity contribution is 6.03. The van der Waals surface area contributed by atoms with Crippen LogP contribution in [0.25, 0.3) is 5.65 Å². The summed E-state index contributed by atoms with van der Waals surface area (Å²) in [5.74, 6) is -0.434. The molecule has 1 unspecified atom stereocenters. The number of benzene rings is 1. The number of anilines is 3. The van der Waals surface area contributed by atoms with Gasteiger partial charge in [0.05, 0.1) is 23.8 Å². The van der Waals surface area contributed by atoms with E-state index in [9.17, 15) is 9.18 Å². The van der Waals surface area contributed by atoms with E-state index in [1.807, 2.05) is 12.1 Å². The summed E-state index contributed by atoms with van der Waals surface area (Å²) in [6.45, 7) is 2.81. The third-order valence-electron chi connectivity index (χ3n) is 6.53. The summed E-state index contributed by atoms with van der Waals surface area (Å²) in [4.78, 5) is 23.6. The molecule has 2 fully saturated rings. The van der Waals surface area contributed by atoms with Gasteiger partial charge in [0, 0.05) is 44.0 Å². The van der Waals surface area contributed by atoms with Crippen molar-refractivity contribution in [2.75, 3.05) is 29.0 Å². The van der Waals surface area contributed by atoms with E-state index in [2.05, 4.69) is 55.1 Å². The smallest absolute Gasteiger partial charge is 0.276 e. The van der Waals surface area contributed by atoms with Crippen LogP contribution in [0.4, 0.5) is 21.6 Å². The lowest BCUT2D eigenvalue weighted by Crippen LogP contribution is -2.27. The molecule has 1 saturated heterocycles. The number of carbonyl (C=O) groups is 1. The lowest BCUT2D eigenvalue weighted by Gasteiger charge is -2.18. The maximum atomic E-state index is 14.0. The Hall–Kier alpha value is -4.05. The standard InChI is InChI=1S/C26H27FN8O/c27-20-13-28-10-8-21(20)32-26(36)23-14-29-25-22(30-18-6-7-18)12-24(33-35(23)25)31-19-9-11-34(16-19)15-17-4-2-1-3-5-17/h1-5,8,10,12-14,18-19,30H,6-7,9,11,15-16H2,(H,31,33)(H,28,32,36). The molecule has 184 valence electrons. The van der Waals surface area contributed by atoms with Crippen LogP contribution in [0.1, 0.15) is 35.3 Å². The van der Waals surface area contributed by atoms with Gasteiger partial charge < -0.3 is 16.0 Å². The Bertz CT molecular complexity index is 1390. The molecule has 1 aliphatic heterocycles. The number of aromatic nitrogens is 4. The number of fused-ring (bicyclic) bond motifs is 1. The van der Waals surface area contributed by atoms with Crippen LogP contribution in [0.3, 0.4) is 0 Å². The minimum atomic E-state index is -0.604. The maximum Gasteiger partial charge on any atom is 0.276 e. The average Bonchev–Trinajstić information content (AvgIpc) is 3.41. The molecule has 0 bridgehead atoms. The molecule has 1 aliphatic carbocycles. The van der Waals surface area contributed by atoms with Gasteiger partial charge in [0.15, 0.2) is 17.2 Å². The van der Waals surface area contributed by atoms with Crippen LogP contribution in [0.2, 0.25) is 0 Å². The molecule has 4 aromatic rings. The zero-order chi connectivity index (χ0) is 24.5. The summed E-state index contributed by atoms with van der Waals surface area (Å²) in [7, 11) is 0. The van der Waals surface area contributed by atoms with Crippen LogP contribution in [0.15, 0.2) is 61.1 Å². The predicted molar refractivity (Wildman–Crippen MR) is 136 cm³/mol. The number of pyridine rings is 1. The highest BCUT2D eigenvalue weighted by Crippen LogP contribution is 2.29. The summed E-state index contributed by atoms with van der Waals surface area (Å²) in [5, 5.41) is 14.4. The quantitative estimate of drug-likeness (QED) is 0.349. The van der Waals surface area contributed by atoms with Gasteiger partial charge in [0.2, 0.25) is 0 Å². The van der Waals surface area contributed by atoms with Crippen molar-refractivity contribution in [3.8, 4) is 0 Å². The first-order valence-electron chi connectivity index (χ1n) is 12.2. The van der Waals surface area contributed by atoms with Gasteiger partial charge in [-0.2, -0.15) is 0 Å². The minimum Gasteiger partial charge on any atom is -0.379 e. The van der Waals surface area contributed by atoms with E-state index in [1.54, 1.807) is 0 Å². The van der Waals surface area contributed by atoms with Crippen LogP contribution in [0, 0.1) is 5.82 Å². The molecule has 1 aromatic carbocycles. The Balaban J connectivity index is 1.23. The minimum absolute atomic E-state index is 0.0556. The van der Waals surface area contributed by atoms with Gasteiger partial charge in [0.25, 0.3) is 5.91 Å². The van der Waals surface area contributed by atoms with Crippen LogP contribution in [0.5, 0.6) is 0 Å². The van der Waals surface area contributed by atoms with Gasteiger partial charge >= 0.3 is 0 Å². The molecule has 1 amide bonds. The second-order valence-corrected chi connectivity index (χ2v) is 9.40. The number of likely N-dealkylation sites (tertiary alicyclic amines) is 1. The number of halogens is 1. The van der Waals surface area contributed by atoms with Crippen molar-refractivity contribution in [3.05, 3.63) is 78.1 Å². The summed E-state index contributed by atoms with van der Waals surface area (Å²) in [6, 6.07) is 14.5. The summed E-state index contributed by atoms with van der Waals surface area (Å²) in [6.07, 6.45) is 7.15. The molecule has 10 heteroatoms. The highest BCUT2D eigenvalue weighted by Gasteiger charge is 2.26. The molecule has 4 heterocycles. The molecule has 3 N–H and O–H groups in total. The molecule has 6 rings (SSSR count). The monoisotopic (exact) mass is 486 g/mol. The number of hydrogen-bond donors (Lipinski definition) is 3. The number of amides is 1. The lowest BCUT2D eigenvalue weighted by molar-refractivity contribution is 0.102. The van der Waals surface area contributed by atoms with Crippen molar-refractivity contribution < 1.29 is 9.18 Å². The van der Waals surface area contributed by atoms with E-state index in [-0.39, 0.29) is 17.4 Å². The van der Waals surface area contributed by atoms with Gasteiger partial charge in [-0.25, -0.2) is 13.9 Å². The third-order valence-corrected chi connectivity index (χ3v) is 6.53. The van der Waals surface area contributed by atoms with Gasteiger partial charge in [-0.15, -0.1) is 5.10 Å². The van der Waals surface area contributed by atoms with E-state index < -0.39 is 11.7 Å². The van der Waals surface area contributed by atoms with E-state index >= 15 is 0 Å². The number of nitrogens with zero attached hydrogens (tertiary/aromatic N) is 5. The first-order chi connectivity index (χ1) is 17.6. The van der Waals surface area contributed by atoms with E-state index in [0.29, 0.717) is 17.5 Å². The second-order valence-electron chi connectivity index (χ2n) is 9.40. The number of imidazole rings is 1. The molecular formula is C26H27FN8O. The topological polar surface area (TPSA) is 99.5 Å². The molecule has 9 nitrogen and oxygen atoms in total. The van der Waals surface area contributed by atoms with Crippen molar-refractivity contribution in [1.82, 2.24) is 24.5 Å². The van der Waals surface area contributed by atoms with Crippen molar-refractivity contribution >= 4 is 28.7 Å². The zero-order valence-electron chi connectivity index (χ0n) is 19.7. The summed E-state index contributed by atoms with van der Waals surface area (Å²) >= 11 is 0. The van der Waals surface area contributed by atoms with Crippen molar-refractivity contribution in [1.29, 1.82) is 0 Å². The summed E-state index contributed by atoms with van der Waals surface area (Å²) in [5.41, 5.74) is 2.96. The van der Waals surface area contributed by atoms with Crippen LogP contribution in [-0.2, 0) is 6.54 Å². The molecule has 36 heavy (non-hydrogen) atoms. The predicted octanol–water partition coefficient (Wildman–Crippen LogP) is 3.78. The van der Waals surface area contributed by atoms with Crippen LogP contribution < -0.4 is 16.0 Å².